The number of alkyl carbamates (subject to hydrolysis) is 1. The Bertz CT molecular complexity index is 5170. The minimum Gasteiger partial charge on any atom is -0.481 e. The van der Waals surface area contributed by atoms with E-state index in [-0.39, 0.29) is 30.1 Å². The number of nitrogens with one attached hydrogen (secondary N) is 1. The number of hydrogen-bond donors (Lipinski definition) is 6. The number of nitrogens with two attached hydrogens (primary N) is 3. The summed E-state index contributed by atoms with van der Waals surface area (Å²) in [7, 11) is -0.988. The molecule has 2 unspecified atom stereocenters. The molecule has 4 aromatic rings. The summed E-state index contributed by atoms with van der Waals surface area (Å²) in [4.78, 5) is 56.5. The fourth-order valence-corrected chi connectivity index (χ4v) is 12.3. The maximum absolute atomic E-state index is 11.0. The lowest BCUT2D eigenvalue weighted by atomic mass is 10.1. The quantitative estimate of drug-likeness (QED) is 0.00308. The van der Waals surface area contributed by atoms with Crippen molar-refractivity contribution in [2.75, 3.05) is 78.1 Å². The van der Waals surface area contributed by atoms with Gasteiger partial charge < -0.3 is 41.8 Å². The van der Waals surface area contributed by atoms with E-state index in [1.807, 2.05) is 118 Å². The average Bonchev–Trinajstić information content (AvgIpc) is 1.60. The molecule has 0 saturated carbocycles. The molecule has 4 heterocycles. The summed E-state index contributed by atoms with van der Waals surface area (Å²) in [5.41, 5.74) is 30.5. The van der Waals surface area contributed by atoms with Crippen LogP contribution in [0.4, 0.5) is 4.79 Å². The standard InChI is InChI=1S/C13H12N4.C12H10N4.C11H15NO2.C11H18Si.C9H9NO2.C7H13NO.C7H10O2.C7H8.C6H9N3.C6H11N.C6H8O.C5H9N.C5H6O.C5H8S/c1-3-4-5-11-6-8-12(9-7-11)13-16-14-10(2)15-17-13;1-2-3-4-10-5-7-11(8-6-10)12-15-13-9-14-16-12;1-3-4-5-6-12-11(13)14-8-10-7-9(10)2;1-6-7-8-10-9(2)11(10)12(3,4)5;1-2-3-4-7-10-8(11)5-6-9(10)12;1-2-3-4-6-9-7-5-8;1-2-3-4-5-6-7(8)9;1-3-5-7-6-4-2;1-2-3-4-5-6-8-9-7;1-2-3-4-5-6-7;1-2-3-6-4-7-5-6;1-2-3-4-5-6;1-3-4-5(2)6;1-2-3-4-5-6/h6-9H,5H2,1-2H3;5-9H,4H2,1H3;7,10H,5-6,8H2,1-2H3,(H,12,13);10H,8H2,1-5H3;5-6H,4,7H2,1H3;4-8H2,1H3;4-6H2,1H3,(H,8,9);1H,5,7H2,2H3;4-6H2,1H3;4-7H2,1H3;6H,4-5H2,1H3;4-6H2,1H3;1-2H3;6H,4-5H2,1H3. The van der Waals surface area contributed by atoms with Crippen molar-refractivity contribution in [3.63, 3.8) is 0 Å². The number of carboxylic acids is 1. The Morgan fingerprint density at radius 3 is 1.43 bits per heavy atom. The van der Waals surface area contributed by atoms with Crippen molar-refractivity contribution in [3.8, 4) is 201 Å². The van der Waals surface area contributed by atoms with Crippen molar-refractivity contribution >= 4 is 50.4 Å². The first-order valence-corrected chi connectivity index (χ1v) is 49.0. The number of amides is 3. The lowest BCUT2D eigenvalue weighted by Gasteiger charge is -2.19. The number of aromatic nitrogens is 8. The number of allylic oxidation sites excluding steroid dienone is 2. The summed E-state index contributed by atoms with van der Waals surface area (Å²) < 4.78 is 14.9. The van der Waals surface area contributed by atoms with Crippen LogP contribution in [0, 0.1) is 203 Å². The van der Waals surface area contributed by atoms with Crippen LogP contribution in [0.15, 0.2) is 94.5 Å². The lowest BCUT2D eigenvalue weighted by molar-refractivity contribution is -0.138. The highest BCUT2D eigenvalue weighted by Crippen LogP contribution is 2.46. The molecule has 4 aliphatic rings. The summed E-state index contributed by atoms with van der Waals surface area (Å²) >= 11 is 3.95. The number of Topliss-reactive ketones (excluding diaryl/α,β-unsaturated/α-hetero) is 1. The number of benzene rings is 2. The van der Waals surface area contributed by atoms with E-state index in [4.69, 9.17) is 48.5 Å². The van der Waals surface area contributed by atoms with Crippen molar-refractivity contribution in [2.45, 2.75) is 253 Å². The van der Waals surface area contributed by atoms with E-state index in [0.717, 1.165) is 120 Å². The Kier molecular flexibility index (Phi) is 98.9. The van der Waals surface area contributed by atoms with Crippen molar-refractivity contribution in [1.82, 2.24) is 51.0 Å². The molecule has 2 aromatic heterocycles. The van der Waals surface area contributed by atoms with Gasteiger partial charge >= 0.3 is 12.1 Å². The Labute approximate surface area is 828 Å². The molecule has 2 atom stereocenters. The van der Waals surface area contributed by atoms with Gasteiger partial charge in [0.1, 0.15) is 6.61 Å². The summed E-state index contributed by atoms with van der Waals surface area (Å²) in [6.45, 7) is 47.1. The van der Waals surface area contributed by atoms with Gasteiger partial charge in [0.15, 0.2) is 12.2 Å². The molecule has 25 nitrogen and oxygen atoms in total. The fraction of sp³-hybridized carbons (Fsp3) is 0.482. The maximum atomic E-state index is 11.0. The molecule has 3 amide bonds. The van der Waals surface area contributed by atoms with Gasteiger partial charge in [-0.3, -0.25) is 24.1 Å². The summed E-state index contributed by atoms with van der Waals surface area (Å²) in [5.74, 6) is 84.4. The molecule has 0 radical (unpaired) electrons. The number of carbonyl (C=O) groups is 5. The largest absolute Gasteiger partial charge is 0.481 e. The topological polar surface area (TPSA) is 378 Å². The van der Waals surface area contributed by atoms with Gasteiger partial charge in [-0.15, -0.1) is 189 Å². The third-order valence-electron chi connectivity index (χ3n) is 16.3. The van der Waals surface area contributed by atoms with Gasteiger partial charge in [0.05, 0.1) is 40.4 Å². The lowest BCUT2D eigenvalue weighted by Crippen LogP contribution is -2.30. The first-order valence-electron chi connectivity index (χ1n) is 44.8. The van der Waals surface area contributed by atoms with E-state index in [1.165, 1.54) is 47.0 Å². The molecule has 8 N–H and O–H groups in total. The third kappa shape index (κ3) is 91.1. The summed E-state index contributed by atoms with van der Waals surface area (Å²) in [6.07, 6.45) is 23.8. The molecule has 730 valence electrons. The number of rotatable bonds is 27. The number of aliphatic carboxylic acids is 1. The zero-order valence-electron chi connectivity index (χ0n) is 85.0. The summed E-state index contributed by atoms with van der Waals surface area (Å²) in [6, 6.07) is 15.9. The van der Waals surface area contributed by atoms with Crippen molar-refractivity contribution in [2.24, 2.45) is 40.1 Å². The Balaban J connectivity index is -0.000000342. The zero-order valence-corrected chi connectivity index (χ0v) is 86.9. The van der Waals surface area contributed by atoms with E-state index < -0.39 is 14.0 Å². The number of thiol groups is 1. The monoisotopic (exact) mass is 1900 g/mol. The van der Waals surface area contributed by atoms with Crippen LogP contribution >= 0.6 is 12.6 Å². The first-order chi connectivity index (χ1) is 66.1. The van der Waals surface area contributed by atoms with E-state index >= 15 is 0 Å². The second kappa shape index (κ2) is 101. The van der Waals surface area contributed by atoms with E-state index in [1.54, 1.807) is 52.3 Å². The SMILES string of the molecule is C#CCCC#CC.CC#CC(C)=O.CC#CC1COC1.CC#CCC1C(C)=C1[Si](C)(C)C.CC#CCCCC(=O)O.CC#CCCCN.CC#CCCCN=[N+]=[N-].CC#CCCN.CC#CCCN1C(=O)C=CC1=O.CC#CCCNC(=O)OCC1C=C1C.CC#CCCOCCN.CC#CCCS.CC#CCc1ccc(-c2nnc(C)nn2)cc1.CC#CCc1ccc(-c2nncnn2)cc1. The molecule has 0 spiro atoms. The summed E-state index contributed by atoms with van der Waals surface area (Å²) in [5, 5.41) is 46.8. The third-order valence-corrected chi connectivity index (χ3v) is 18.9. The smallest absolute Gasteiger partial charge is 0.407 e. The molecule has 0 bridgehead atoms. The van der Waals surface area contributed by atoms with E-state index in [0.29, 0.717) is 108 Å². The number of ketones is 1. The minimum atomic E-state index is -0.988. The molecule has 8 rings (SSSR count). The van der Waals surface area contributed by atoms with Crippen molar-refractivity contribution < 1.29 is 43.3 Å². The minimum absolute atomic E-state index is 0.0718. The highest BCUT2D eigenvalue weighted by Gasteiger charge is 2.40. The number of azide groups is 1. The molecule has 1 saturated heterocycles. The Hall–Kier alpha value is -13.8. The maximum Gasteiger partial charge on any atom is 0.407 e. The average molecular weight is 1900 g/mol. The van der Waals surface area contributed by atoms with Crippen LogP contribution in [-0.2, 0) is 46.2 Å². The number of hydrogen-bond acceptors (Lipinski definition) is 21. The highest BCUT2D eigenvalue weighted by molar-refractivity contribution is 7.80. The van der Waals surface area contributed by atoms with Gasteiger partial charge in [0, 0.05) is 175 Å². The van der Waals surface area contributed by atoms with Crippen molar-refractivity contribution in [1.29, 1.82) is 0 Å². The number of aryl methyl sites for hydroxylation is 1. The number of ether oxygens (including phenoxy) is 3. The van der Waals surface area contributed by atoms with Gasteiger partial charge in [0.25, 0.3) is 11.8 Å². The van der Waals surface area contributed by atoms with Crippen LogP contribution in [-0.4, -0.2) is 167 Å². The van der Waals surface area contributed by atoms with E-state index in [2.05, 4.69) is 273 Å². The highest BCUT2D eigenvalue weighted by atomic mass is 32.1. The second-order valence-electron chi connectivity index (χ2n) is 28.4. The molecule has 137 heavy (non-hydrogen) atoms. The molecular weight excluding hydrogens is 1750 g/mol. The van der Waals surface area contributed by atoms with E-state index in [9.17, 15) is 24.0 Å². The number of unbranched alkanes of at least 4 members (excludes halogenated alkanes) is 4. The van der Waals surface area contributed by atoms with Gasteiger partial charge in [-0.1, -0.05) is 119 Å². The predicted molar refractivity (Wildman–Crippen MR) is 565 cm³/mol. The molecule has 1 fully saturated rings. The molecule has 2 aliphatic heterocycles. The normalized spacial score (nSPS) is 11.2. The van der Waals surface area contributed by atoms with Crippen LogP contribution in [0.25, 0.3) is 33.2 Å². The number of nitrogens with zero attached hydrogens (tertiary/aromatic N) is 12. The van der Waals surface area contributed by atoms with Gasteiger partial charge in [-0.25, -0.2) is 4.79 Å². The molecule has 2 aromatic carbocycles. The van der Waals surface area contributed by atoms with Gasteiger partial charge in [-0.05, 0) is 166 Å². The van der Waals surface area contributed by atoms with Crippen LogP contribution < -0.4 is 22.5 Å². The van der Waals surface area contributed by atoms with Crippen LogP contribution in [0.1, 0.15) is 231 Å². The van der Waals surface area contributed by atoms with Gasteiger partial charge in [-0.2, -0.15) is 12.6 Å². The first kappa shape index (κ1) is 134. The predicted octanol–water partition coefficient (Wildman–Crippen LogP) is 17.4. The fourth-order valence-electron chi connectivity index (χ4n) is 9.51. The number of terminal acetylenes is 1. The number of carbonyl (C=O) groups excluding carboxylic acids is 4. The number of carboxylic acid groups (broad SMARTS) is 1. The van der Waals surface area contributed by atoms with Gasteiger partial charge in [0.2, 0.25) is 17.4 Å². The van der Waals surface area contributed by atoms with Crippen LogP contribution in [0.2, 0.25) is 19.6 Å². The van der Waals surface area contributed by atoms with Crippen molar-refractivity contribution in [3.05, 3.63) is 117 Å². The Morgan fingerprint density at radius 1 is 0.577 bits per heavy atom. The second-order valence-corrected chi connectivity index (χ2v) is 33.9. The molecule has 27 heteroatoms. The van der Waals surface area contributed by atoms with Crippen LogP contribution in [0.5, 0.6) is 0 Å². The zero-order chi connectivity index (χ0) is 104. The Morgan fingerprint density at radius 2 is 1.04 bits per heavy atom. The number of imide groups is 1. The molecular formula is C110H146N16O9SSi. The van der Waals surface area contributed by atoms with Crippen LogP contribution in [0.3, 0.4) is 0 Å². The molecule has 2 aliphatic carbocycles.